The summed E-state index contributed by atoms with van der Waals surface area (Å²) in [6.07, 6.45) is 5.74. The second kappa shape index (κ2) is 8.38. The molecule has 1 fully saturated rings. The number of piperidine rings is 1. The number of anilines is 1. The molecule has 14 heteroatoms. The third-order valence-electron chi connectivity index (χ3n) is 6.48. The molecule has 0 radical (unpaired) electrons. The van der Waals surface area contributed by atoms with Gasteiger partial charge in [-0.2, -0.15) is 4.31 Å². The predicted molar refractivity (Wildman–Crippen MR) is 136 cm³/mol. The summed E-state index contributed by atoms with van der Waals surface area (Å²) < 4.78 is 94.1. The molecule has 0 aliphatic carbocycles. The Kier molecular flexibility index (Phi) is 5.82. The van der Waals surface area contributed by atoms with Crippen LogP contribution < -0.4 is 5.32 Å². The number of imidazole rings is 1. The van der Waals surface area contributed by atoms with Crippen LogP contribution in [0, 0.1) is 6.92 Å². The van der Waals surface area contributed by atoms with Crippen molar-refractivity contribution < 1.29 is 27.8 Å². The highest BCUT2D eigenvalue weighted by atomic mass is 32.5. The van der Waals surface area contributed by atoms with Gasteiger partial charge in [-0.25, -0.2) is 13.4 Å². The van der Waals surface area contributed by atoms with E-state index >= 15 is 0 Å². The summed E-state index contributed by atoms with van der Waals surface area (Å²) >= 11 is 0. The van der Waals surface area contributed by atoms with Crippen LogP contribution in [0.4, 0.5) is 25.1 Å². The van der Waals surface area contributed by atoms with Crippen LogP contribution in [-0.2, 0) is 10.0 Å². The number of benzene rings is 1. The van der Waals surface area contributed by atoms with E-state index in [0.717, 1.165) is 29.0 Å². The fourth-order valence-corrected chi connectivity index (χ4v) is 6.46. The molecule has 0 unspecified atom stereocenters. The van der Waals surface area contributed by atoms with Crippen LogP contribution >= 0.6 is 10.2 Å². The maximum Gasteiger partial charge on any atom is 0.310 e. The van der Waals surface area contributed by atoms with E-state index in [4.69, 9.17) is 0 Å². The maximum atomic E-state index is 13.2. The van der Waals surface area contributed by atoms with E-state index in [1.165, 1.54) is 16.6 Å². The molecule has 4 heterocycles. The lowest BCUT2D eigenvalue weighted by atomic mass is 10.1. The number of nitrogens with zero attached hydrogens (tertiary/aromatic N) is 4. The van der Waals surface area contributed by atoms with Crippen molar-refractivity contribution in [1.29, 1.82) is 0 Å². The highest BCUT2D eigenvalue weighted by molar-refractivity contribution is 8.45. The Morgan fingerprint density at radius 3 is 2.18 bits per heavy atom. The van der Waals surface area contributed by atoms with Crippen LogP contribution in [0.15, 0.2) is 76.9 Å². The molecule has 3 aromatic heterocycles. The average Bonchev–Trinajstić information content (AvgIpc) is 3.23. The van der Waals surface area contributed by atoms with Crippen LogP contribution in [0.5, 0.6) is 0 Å². The number of hydrogen-bond acceptors (Lipinski definition) is 5. The predicted octanol–water partition coefficient (Wildman–Crippen LogP) is 6.63. The molecular weight excluding hydrogens is 549 g/mol. The quantitative estimate of drug-likeness (QED) is 0.262. The van der Waals surface area contributed by atoms with Gasteiger partial charge in [0.2, 0.25) is 10.0 Å². The Labute approximate surface area is 216 Å². The lowest BCUT2D eigenvalue weighted by Crippen LogP contribution is -2.42. The smallest absolute Gasteiger partial charge is 0.310 e. The Morgan fingerprint density at radius 1 is 0.895 bits per heavy atom. The second-order valence-electron chi connectivity index (χ2n) is 9.24. The van der Waals surface area contributed by atoms with E-state index in [9.17, 15) is 27.8 Å². The van der Waals surface area contributed by atoms with Crippen molar-refractivity contribution in [2.24, 2.45) is 0 Å². The number of nitrogens with one attached hydrogen (secondary N) is 1. The fourth-order valence-electron chi connectivity index (χ4n) is 4.39. The summed E-state index contributed by atoms with van der Waals surface area (Å²) in [5.41, 5.74) is 3.42. The number of sulfonamides is 1. The van der Waals surface area contributed by atoms with E-state index < -0.39 is 25.1 Å². The Morgan fingerprint density at radius 2 is 1.58 bits per heavy atom. The number of aromatic nitrogens is 3. The first-order valence-electron chi connectivity index (χ1n) is 11.6. The van der Waals surface area contributed by atoms with Crippen LogP contribution in [-0.4, -0.2) is 46.2 Å². The molecule has 1 saturated heterocycles. The van der Waals surface area contributed by atoms with Gasteiger partial charge in [0, 0.05) is 54.7 Å². The fraction of sp³-hybridized carbons (Fsp3) is 0.250. The van der Waals surface area contributed by atoms with Crippen LogP contribution in [0.2, 0.25) is 0 Å². The van der Waals surface area contributed by atoms with Gasteiger partial charge >= 0.3 is 10.2 Å². The largest absolute Gasteiger partial charge is 0.382 e. The minimum absolute atomic E-state index is 0.0548. The minimum atomic E-state index is -9.72. The molecule has 0 saturated carbocycles. The van der Waals surface area contributed by atoms with Crippen molar-refractivity contribution >= 4 is 31.6 Å². The first kappa shape index (κ1) is 26.4. The molecule has 0 amide bonds. The van der Waals surface area contributed by atoms with Crippen molar-refractivity contribution in [3.63, 3.8) is 0 Å². The Balaban J connectivity index is 1.23. The molecular formula is C24H24F5N5O2S2. The van der Waals surface area contributed by atoms with Crippen molar-refractivity contribution in [3.8, 4) is 11.3 Å². The molecule has 5 rings (SSSR count). The molecule has 204 valence electrons. The first-order chi connectivity index (χ1) is 17.6. The van der Waals surface area contributed by atoms with Gasteiger partial charge in [0.15, 0.2) is 0 Å². The summed E-state index contributed by atoms with van der Waals surface area (Å²) in [6.45, 7) is 2.29. The molecule has 1 aliphatic rings. The van der Waals surface area contributed by atoms with E-state index in [2.05, 4.69) is 15.3 Å². The Hall–Kier alpha value is -3.23. The minimum Gasteiger partial charge on any atom is -0.382 e. The van der Waals surface area contributed by atoms with Gasteiger partial charge in [0.05, 0.1) is 5.69 Å². The number of fused-ring (bicyclic) bond motifs is 1. The third kappa shape index (κ3) is 5.33. The van der Waals surface area contributed by atoms with E-state index in [-0.39, 0.29) is 29.7 Å². The van der Waals surface area contributed by atoms with Gasteiger partial charge in [0.1, 0.15) is 15.4 Å². The summed E-state index contributed by atoms with van der Waals surface area (Å²) in [7, 11) is -13.5. The monoisotopic (exact) mass is 573 g/mol. The van der Waals surface area contributed by atoms with Crippen LogP contribution in [0.3, 0.4) is 0 Å². The number of aryl methyl sites for hydroxylation is 1. The molecule has 38 heavy (non-hydrogen) atoms. The maximum absolute atomic E-state index is 13.2. The molecule has 1 aliphatic heterocycles. The summed E-state index contributed by atoms with van der Waals surface area (Å²) in [6, 6.07) is 9.26. The number of hydrogen-bond donors (Lipinski definition) is 1. The normalized spacial score (nSPS) is 17.7. The molecule has 0 atom stereocenters. The van der Waals surface area contributed by atoms with Gasteiger partial charge in [-0.15, -0.1) is 0 Å². The van der Waals surface area contributed by atoms with E-state index in [0.29, 0.717) is 30.7 Å². The SMILES string of the molecule is Cc1cnc2ccc(-c3ccc(S(=O)(=O)N4CCC(Nc5ccc(S(F)(F)(F)(F)F)cc5)CC4)cn3)cn12. The van der Waals surface area contributed by atoms with Crippen molar-refractivity contribution in [1.82, 2.24) is 18.7 Å². The highest BCUT2D eigenvalue weighted by Gasteiger charge is 2.65. The highest BCUT2D eigenvalue weighted by Crippen LogP contribution is 3.02. The summed E-state index contributed by atoms with van der Waals surface area (Å²) in [4.78, 5) is 6.74. The van der Waals surface area contributed by atoms with Gasteiger partial charge < -0.3 is 9.72 Å². The molecule has 0 spiro atoms. The standard InChI is InChI=1S/C24H24F5N5O2S2/c1-17-14-31-24-9-2-18(16-34(17)24)23-8-5-21(15-30-23)37(35,36)33-12-10-20(11-13-33)32-19-3-6-22(7-4-19)38(25,26,27,28)29/h2-9,14-16,20,32H,10-13H2,1H3. The number of rotatable bonds is 6. The number of pyridine rings is 2. The van der Waals surface area contributed by atoms with Gasteiger partial charge in [0.25, 0.3) is 0 Å². The number of halogens is 5. The van der Waals surface area contributed by atoms with Gasteiger partial charge in [-0.1, -0.05) is 19.4 Å². The molecule has 4 aromatic rings. The van der Waals surface area contributed by atoms with Crippen molar-refractivity contribution in [2.75, 3.05) is 18.4 Å². The van der Waals surface area contributed by atoms with Crippen molar-refractivity contribution in [3.05, 3.63) is 72.8 Å². The molecule has 1 N–H and O–H groups in total. The van der Waals surface area contributed by atoms with E-state index in [1.54, 1.807) is 12.3 Å². The third-order valence-corrected chi connectivity index (χ3v) is 9.53. The zero-order chi connectivity index (χ0) is 27.4. The van der Waals surface area contributed by atoms with Crippen LogP contribution in [0.25, 0.3) is 16.9 Å². The zero-order valence-electron chi connectivity index (χ0n) is 20.1. The summed E-state index contributed by atoms with van der Waals surface area (Å²) in [5, 5.41) is 3.00. The topological polar surface area (TPSA) is 79.6 Å². The van der Waals surface area contributed by atoms with E-state index in [1.807, 2.05) is 29.7 Å². The lowest BCUT2D eigenvalue weighted by molar-refractivity contribution is 0.329. The second-order valence-corrected chi connectivity index (χ2v) is 13.6. The lowest BCUT2D eigenvalue weighted by Gasteiger charge is -2.40. The van der Waals surface area contributed by atoms with Gasteiger partial charge in [-0.05, 0) is 68.3 Å². The first-order valence-corrected chi connectivity index (χ1v) is 15.0. The summed E-state index contributed by atoms with van der Waals surface area (Å²) in [5.74, 6) is 0. The van der Waals surface area contributed by atoms with Crippen molar-refractivity contribution in [2.45, 2.75) is 35.6 Å². The molecule has 7 nitrogen and oxygen atoms in total. The molecule has 0 bridgehead atoms. The molecule has 1 aromatic carbocycles. The zero-order valence-corrected chi connectivity index (χ0v) is 21.7. The average molecular weight is 574 g/mol. The van der Waals surface area contributed by atoms with Crippen LogP contribution in [0.1, 0.15) is 18.5 Å². The van der Waals surface area contributed by atoms with Gasteiger partial charge in [-0.3, -0.25) is 4.98 Å². The Bertz CT molecular complexity index is 1600.